The zero-order valence-corrected chi connectivity index (χ0v) is 16.8. The first-order chi connectivity index (χ1) is 15.2. The Balaban J connectivity index is 1.32. The topological polar surface area (TPSA) is 67.0 Å². The summed E-state index contributed by atoms with van der Waals surface area (Å²) in [6, 6.07) is 23.8. The van der Waals surface area contributed by atoms with Gasteiger partial charge in [0.2, 0.25) is 5.91 Å². The summed E-state index contributed by atoms with van der Waals surface area (Å²) in [6.45, 7) is 0.805. The molecule has 3 aromatic carbocycles. The highest BCUT2D eigenvalue weighted by Crippen LogP contribution is 2.23. The monoisotopic (exact) mass is 415 g/mol. The number of nitrogens with one attached hydrogen (secondary N) is 2. The van der Waals surface area contributed by atoms with Crippen LogP contribution in [0.15, 0.2) is 85.1 Å². The van der Waals surface area contributed by atoms with Crippen molar-refractivity contribution in [1.29, 1.82) is 0 Å². The minimum atomic E-state index is -0.274. The van der Waals surface area contributed by atoms with Gasteiger partial charge in [0.1, 0.15) is 18.2 Å². The van der Waals surface area contributed by atoms with Crippen molar-refractivity contribution in [1.82, 2.24) is 15.3 Å². The maximum absolute atomic E-state index is 13.1. The Hall–Kier alpha value is -3.77. The minimum Gasteiger partial charge on any atom is -0.367 e. The average Bonchev–Trinajstić information content (AvgIpc) is 3.30. The third-order valence-corrected chi connectivity index (χ3v) is 4.77. The molecule has 0 saturated carbocycles. The highest BCUT2D eigenvalue weighted by molar-refractivity contribution is 5.77. The highest BCUT2D eigenvalue weighted by atomic mass is 19.1. The smallest absolute Gasteiger partial charge is 0.246 e. The second-order valence-corrected chi connectivity index (χ2v) is 7.11. The number of aromatic nitrogens is 2. The Labute approximate surface area is 179 Å². The van der Waals surface area contributed by atoms with Gasteiger partial charge in [0.15, 0.2) is 0 Å². The zero-order chi connectivity index (χ0) is 21.5. The largest absolute Gasteiger partial charge is 0.367 e. The summed E-state index contributed by atoms with van der Waals surface area (Å²) in [7, 11) is 0. The third kappa shape index (κ3) is 5.65. The van der Waals surface area contributed by atoms with E-state index in [2.05, 4.69) is 15.3 Å². The number of hydrogen-bond acceptors (Lipinski definition) is 3. The molecule has 0 radical (unpaired) electrons. The SMILES string of the molecule is O=C(COCc1ccccc1)NCc1cccc(-c2ncc(-c3ccc(F)cc3)[nH]2)c1. The van der Waals surface area contributed by atoms with Crippen molar-refractivity contribution in [3.63, 3.8) is 0 Å². The Morgan fingerprint density at radius 1 is 0.935 bits per heavy atom. The van der Waals surface area contributed by atoms with Crippen molar-refractivity contribution >= 4 is 5.91 Å². The fourth-order valence-corrected chi connectivity index (χ4v) is 3.16. The van der Waals surface area contributed by atoms with Crippen LogP contribution in [0.5, 0.6) is 0 Å². The van der Waals surface area contributed by atoms with Crippen LogP contribution in [0.3, 0.4) is 0 Å². The normalized spacial score (nSPS) is 10.7. The molecule has 0 spiro atoms. The lowest BCUT2D eigenvalue weighted by molar-refractivity contribution is -0.126. The summed E-state index contributed by atoms with van der Waals surface area (Å²) in [5, 5.41) is 2.87. The van der Waals surface area contributed by atoms with Crippen LogP contribution in [-0.4, -0.2) is 22.5 Å². The van der Waals surface area contributed by atoms with Gasteiger partial charge in [-0.15, -0.1) is 0 Å². The van der Waals surface area contributed by atoms with Crippen LogP contribution >= 0.6 is 0 Å². The van der Waals surface area contributed by atoms with E-state index in [-0.39, 0.29) is 18.3 Å². The van der Waals surface area contributed by atoms with Crippen molar-refractivity contribution in [3.05, 3.63) is 102 Å². The van der Waals surface area contributed by atoms with E-state index in [1.165, 1.54) is 12.1 Å². The lowest BCUT2D eigenvalue weighted by atomic mass is 10.1. The van der Waals surface area contributed by atoms with Gasteiger partial charge in [-0.3, -0.25) is 4.79 Å². The molecule has 0 aliphatic heterocycles. The fourth-order valence-electron chi connectivity index (χ4n) is 3.16. The number of carbonyl (C=O) groups excluding carboxylic acids is 1. The van der Waals surface area contributed by atoms with E-state index in [0.29, 0.717) is 19.0 Å². The number of amides is 1. The van der Waals surface area contributed by atoms with Crippen LogP contribution in [0.1, 0.15) is 11.1 Å². The van der Waals surface area contributed by atoms with Crippen LogP contribution in [0.25, 0.3) is 22.6 Å². The molecule has 2 N–H and O–H groups in total. The van der Waals surface area contributed by atoms with Gasteiger partial charge in [-0.25, -0.2) is 9.37 Å². The van der Waals surface area contributed by atoms with E-state index in [9.17, 15) is 9.18 Å². The molecule has 0 saturated heterocycles. The van der Waals surface area contributed by atoms with Crippen molar-refractivity contribution < 1.29 is 13.9 Å². The molecule has 31 heavy (non-hydrogen) atoms. The summed E-state index contributed by atoms with van der Waals surface area (Å²) >= 11 is 0. The summed E-state index contributed by atoms with van der Waals surface area (Å²) in [6.07, 6.45) is 1.72. The predicted molar refractivity (Wildman–Crippen MR) is 117 cm³/mol. The number of benzene rings is 3. The summed E-state index contributed by atoms with van der Waals surface area (Å²) in [5.41, 5.74) is 4.55. The summed E-state index contributed by atoms with van der Waals surface area (Å²) < 4.78 is 18.6. The van der Waals surface area contributed by atoms with E-state index in [1.54, 1.807) is 18.3 Å². The number of rotatable bonds is 8. The van der Waals surface area contributed by atoms with E-state index in [1.807, 2.05) is 54.6 Å². The molecule has 156 valence electrons. The van der Waals surface area contributed by atoms with Gasteiger partial charge in [0.05, 0.1) is 18.5 Å². The average molecular weight is 415 g/mol. The van der Waals surface area contributed by atoms with Gasteiger partial charge >= 0.3 is 0 Å². The molecule has 0 aliphatic rings. The Bertz CT molecular complexity index is 1140. The number of ether oxygens (including phenoxy) is 1. The van der Waals surface area contributed by atoms with E-state index in [4.69, 9.17) is 4.74 Å². The van der Waals surface area contributed by atoms with Gasteiger partial charge in [-0.2, -0.15) is 0 Å². The van der Waals surface area contributed by atoms with E-state index < -0.39 is 0 Å². The van der Waals surface area contributed by atoms with Gasteiger partial charge in [-0.05, 0) is 47.0 Å². The predicted octanol–water partition coefficient (Wildman–Crippen LogP) is 4.72. The van der Waals surface area contributed by atoms with Gasteiger partial charge in [0.25, 0.3) is 0 Å². The standard InChI is InChI=1S/C25H22FN3O2/c26-22-11-9-20(10-12-22)23-15-28-25(29-23)21-8-4-7-19(13-21)14-27-24(30)17-31-16-18-5-2-1-3-6-18/h1-13,15H,14,16-17H2,(H,27,30)(H,28,29). The minimum absolute atomic E-state index is 0.00774. The van der Waals surface area contributed by atoms with Crippen molar-refractivity contribution in [3.8, 4) is 22.6 Å². The molecule has 0 fully saturated rings. The molecule has 1 aromatic heterocycles. The third-order valence-electron chi connectivity index (χ3n) is 4.77. The molecule has 0 aliphatic carbocycles. The molecule has 4 aromatic rings. The molecule has 1 heterocycles. The summed E-state index contributed by atoms with van der Waals surface area (Å²) in [5.74, 6) is 0.264. The number of imidazole rings is 1. The number of halogens is 1. The lowest BCUT2D eigenvalue weighted by Gasteiger charge is -2.08. The molecule has 6 heteroatoms. The van der Waals surface area contributed by atoms with E-state index >= 15 is 0 Å². The van der Waals surface area contributed by atoms with Crippen molar-refractivity contribution in [2.75, 3.05) is 6.61 Å². The van der Waals surface area contributed by atoms with Crippen LogP contribution in [0, 0.1) is 5.82 Å². The first-order valence-corrected chi connectivity index (χ1v) is 9.96. The van der Waals surface area contributed by atoms with E-state index in [0.717, 1.165) is 27.9 Å². The molecule has 1 amide bonds. The van der Waals surface area contributed by atoms with Crippen LogP contribution < -0.4 is 5.32 Å². The van der Waals surface area contributed by atoms with Crippen molar-refractivity contribution in [2.24, 2.45) is 0 Å². The Morgan fingerprint density at radius 2 is 1.71 bits per heavy atom. The quantitative estimate of drug-likeness (QED) is 0.438. The maximum Gasteiger partial charge on any atom is 0.246 e. The number of hydrogen-bond donors (Lipinski definition) is 2. The number of nitrogens with zero attached hydrogens (tertiary/aromatic N) is 1. The molecular weight excluding hydrogens is 393 g/mol. The van der Waals surface area contributed by atoms with Gasteiger partial charge in [0, 0.05) is 12.1 Å². The Kier molecular flexibility index (Phi) is 6.50. The van der Waals surface area contributed by atoms with Gasteiger partial charge in [-0.1, -0.05) is 48.5 Å². The number of aromatic amines is 1. The Morgan fingerprint density at radius 3 is 2.52 bits per heavy atom. The molecular formula is C25H22FN3O2. The number of H-pyrrole nitrogens is 1. The second-order valence-electron chi connectivity index (χ2n) is 7.11. The molecule has 0 unspecified atom stereocenters. The van der Waals surface area contributed by atoms with Crippen molar-refractivity contribution in [2.45, 2.75) is 13.2 Å². The van der Waals surface area contributed by atoms with Gasteiger partial charge < -0.3 is 15.0 Å². The first kappa shape index (κ1) is 20.5. The first-order valence-electron chi connectivity index (χ1n) is 9.96. The molecule has 4 rings (SSSR count). The maximum atomic E-state index is 13.1. The van der Waals surface area contributed by atoms with Crippen LogP contribution in [0.4, 0.5) is 4.39 Å². The highest BCUT2D eigenvalue weighted by Gasteiger charge is 2.08. The van der Waals surface area contributed by atoms with Crippen LogP contribution in [0.2, 0.25) is 0 Å². The molecule has 5 nitrogen and oxygen atoms in total. The number of carbonyl (C=O) groups is 1. The molecule has 0 atom stereocenters. The lowest BCUT2D eigenvalue weighted by Crippen LogP contribution is -2.27. The zero-order valence-electron chi connectivity index (χ0n) is 16.8. The molecule has 0 bridgehead atoms. The second kappa shape index (κ2) is 9.82. The fraction of sp³-hybridized carbons (Fsp3) is 0.120. The van der Waals surface area contributed by atoms with Crippen LogP contribution in [-0.2, 0) is 22.7 Å². The summed E-state index contributed by atoms with van der Waals surface area (Å²) in [4.78, 5) is 19.8.